The predicted molar refractivity (Wildman–Crippen MR) is 121 cm³/mol. The Morgan fingerprint density at radius 3 is 2.26 bits per heavy atom. The van der Waals surface area contributed by atoms with E-state index in [0.29, 0.717) is 53.2 Å². The van der Waals surface area contributed by atoms with Crippen LogP contribution in [-0.2, 0) is 0 Å². The average Bonchev–Trinajstić information content (AvgIpc) is 2.80. The van der Waals surface area contributed by atoms with Crippen LogP contribution in [0.3, 0.4) is 0 Å². The van der Waals surface area contributed by atoms with Gasteiger partial charge < -0.3 is 24.3 Å². The van der Waals surface area contributed by atoms with Crippen LogP contribution < -0.4 is 24.3 Å². The molecule has 0 heterocycles. The largest absolute Gasteiger partial charge is 0.493 e. The van der Waals surface area contributed by atoms with Gasteiger partial charge in [-0.2, -0.15) is 0 Å². The van der Waals surface area contributed by atoms with Gasteiger partial charge in [0.05, 0.1) is 20.3 Å². The zero-order valence-corrected chi connectivity index (χ0v) is 18.0. The van der Waals surface area contributed by atoms with Gasteiger partial charge in [0.15, 0.2) is 23.0 Å². The zero-order chi connectivity index (χ0) is 22.1. The van der Waals surface area contributed by atoms with Crippen LogP contribution in [0.5, 0.6) is 28.7 Å². The Hall–Kier alpha value is -3.67. The third kappa shape index (κ3) is 5.92. The lowest BCUT2D eigenvalue weighted by molar-refractivity contribution is 0.102. The summed E-state index contributed by atoms with van der Waals surface area (Å²) >= 11 is 0. The van der Waals surface area contributed by atoms with Crippen molar-refractivity contribution < 1.29 is 23.7 Å². The first-order chi connectivity index (χ1) is 15.1. The third-order valence-electron chi connectivity index (χ3n) is 4.38. The monoisotopic (exact) mass is 421 g/mol. The summed E-state index contributed by atoms with van der Waals surface area (Å²) in [6, 6.07) is 19.7. The number of benzene rings is 3. The van der Waals surface area contributed by atoms with Crippen LogP contribution in [0.2, 0.25) is 0 Å². The second-order valence-electron chi connectivity index (χ2n) is 6.67. The van der Waals surface area contributed by atoms with Crippen molar-refractivity contribution in [2.45, 2.75) is 20.3 Å². The van der Waals surface area contributed by atoms with Gasteiger partial charge in [0.1, 0.15) is 5.75 Å². The summed E-state index contributed by atoms with van der Waals surface area (Å²) in [7, 11) is 1.60. The normalized spacial score (nSPS) is 10.3. The molecule has 3 rings (SSSR count). The van der Waals surface area contributed by atoms with Crippen molar-refractivity contribution in [2.24, 2.45) is 0 Å². The summed E-state index contributed by atoms with van der Waals surface area (Å²) in [6.07, 6.45) is 0.893. The molecule has 6 nitrogen and oxygen atoms in total. The molecule has 6 heteroatoms. The number of amides is 1. The Morgan fingerprint density at radius 2 is 1.58 bits per heavy atom. The number of rotatable bonds is 10. The summed E-state index contributed by atoms with van der Waals surface area (Å²) in [5.41, 5.74) is 1.14. The number of nitrogens with one attached hydrogen (secondary N) is 1. The molecule has 0 aliphatic heterocycles. The van der Waals surface area contributed by atoms with Gasteiger partial charge in [0.25, 0.3) is 5.91 Å². The van der Waals surface area contributed by atoms with Gasteiger partial charge in [-0.15, -0.1) is 0 Å². The van der Waals surface area contributed by atoms with E-state index in [0.717, 1.165) is 6.42 Å². The van der Waals surface area contributed by atoms with Crippen molar-refractivity contribution >= 4 is 11.6 Å². The Kier molecular flexibility index (Phi) is 7.76. The molecule has 3 aromatic rings. The lowest BCUT2D eigenvalue weighted by Crippen LogP contribution is -2.12. The van der Waals surface area contributed by atoms with E-state index in [1.807, 2.05) is 38.1 Å². The number of methoxy groups -OCH3 is 1. The standard InChI is InChI=1S/C25H27NO5/c1-4-16-30-22-15-10-18(17-24(22)29-5-2)25(27)26-19-11-13-20(14-12-19)31-23-9-7-6-8-21(23)28-3/h6-15,17H,4-5,16H2,1-3H3,(H,26,27). The fourth-order valence-corrected chi connectivity index (χ4v) is 2.89. The molecule has 0 fully saturated rings. The van der Waals surface area contributed by atoms with E-state index in [4.69, 9.17) is 18.9 Å². The molecular weight excluding hydrogens is 394 g/mol. The number of para-hydroxylation sites is 2. The van der Waals surface area contributed by atoms with Gasteiger partial charge in [-0.1, -0.05) is 19.1 Å². The molecule has 1 N–H and O–H groups in total. The maximum Gasteiger partial charge on any atom is 0.255 e. The predicted octanol–water partition coefficient (Wildman–Crippen LogP) is 5.93. The molecule has 0 aliphatic carbocycles. The number of anilines is 1. The molecular formula is C25H27NO5. The van der Waals surface area contributed by atoms with Crippen molar-refractivity contribution in [2.75, 3.05) is 25.6 Å². The molecule has 0 spiro atoms. The van der Waals surface area contributed by atoms with Gasteiger partial charge >= 0.3 is 0 Å². The summed E-state index contributed by atoms with van der Waals surface area (Å²) in [5, 5.41) is 2.89. The SMILES string of the molecule is CCCOc1ccc(C(=O)Nc2ccc(Oc3ccccc3OC)cc2)cc1OCC. The topological polar surface area (TPSA) is 66.0 Å². The molecule has 1 amide bonds. The van der Waals surface area contributed by atoms with E-state index < -0.39 is 0 Å². The number of carbonyl (C=O) groups is 1. The molecule has 3 aromatic carbocycles. The van der Waals surface area contributed by atoms with Gasteiger partial charge in [-0.3, -0.25) is 4.79 Å². The van der Waals surface area contributed by atoms with Gasteiger partial charge in [0, 0.05) is 11.3 Å². The molecule has 162 valence electrons. The zero-order valence-electron chi connectivity index (χ0n) is 18.0. The molecule has 0 bridgehead atoms. The third-order valence-corrected chi connectivity index (χ3v) is 4.38. The minimum absolute atomic E-state index is 0.235. The highest BCUT2D eigenvalue weighted by atomic mass is 16.5. The van der Waals surface area contributed by atoms with Crippen LogP contribution in [0.25, 0.3) is 0 Å². The number of carbonyl (C=O) groups excluding carboxylic acids is 1. The maximum absolute atomic E-state index is 12.7. The molecule has 0 saturated carbocycles. The van der Waals surface area contributed by atoms with Crippen LogP contribution >= 0.6 is 0 Å². The van der Waals surface area contributed by atoms with Crippen molar-refractivity contribution in [1.29, 1.82) is 0 Å². The Bertz CT molecular complexity index is 1000. The minimum Gasteiger partial charge on any atom is -0.493 e. The number of hydrogen-bond donors (Lipinski definition) is 1. The minimum atomic E-state index is -0.235. The Labute approximate surface area is 182 Å². The molecule has 0 aliphatic rings. The molecule has 0 atom stereocenters. The second kappa shape index (κ2) is 10.9. The fraction of sp³-hybridized carbons (Fsp3) is 0.240. The number of hydrogen-bond acceptors (Lipinski definition) is 5. The Balaban J connectivity index is 1.68. The van der Waals surface area contributed by atoms with Crippen LogP contribution in [0.4, 0.5) is 5.69 Å². The molecule has 0 unspecified atom stereocenters. The second-order valence-corrected chi connectivity index (χ2v) is 6.67. The average molecular weight is 421 g/mol. The van der Waals surface area contributed by atoms with Crippen LogP contribution in [0.1, 0.15) is 30.6 Å². The molecule has 0 radical (unpaired) electrons. The van der Waals surface area contributed by atoms with E-state index in [1.54, 1.807) is 49.6 Å². The first kappa shape index (κ1) is 22.0. The fourth-order valence-electron chi connectivity index (χ4n) is 2.89. The summed E-state index contributed by atoms with van der Waals surface area (Å²) < 4.78 is 22.5. The summed E-state index contributed by atoms with van der Waals surface area (Å²) in [4.78, 5) is 12.7. The Morgan fingerprint density at radius 1 is 0.839 bits per heavy atom. The highest BCUT2D eigenvalue weighted by molar-refractivity contribution is 6.04. The summed E-state index contributed by atoms with van der Waals surface area (Å²) in [6.45, 7) is 5.01. The highest BCUT2D eigenvalue weighted by Gasteiger charge is 2.12. The van der Waals surface area contributed by atoms with E-state index in [1.165, 1.54) is 0 Å². The summed E-state index contributed by atoms with van der Waals surface area (Å²) in [5.74, 6) is 2.87. The van der Waals surface area contributed by atoms with Crippen molar-refractivity contribution in [3.63, 3.8) is 0 Å². The lowest BCUT2D eigenvalue weighted by Gasteiger charge is -2.13. The van der Waals surface area contributed by atoms with Crippen LogP contribution in [0, 0.1) is 0 Å². The molecule has 31 heavy (non-hydrogen) atoms. The first-order valence-corrected chi connectivity index (χ1v) is 10.3. The van der Waals surface area contributed by atoms with E-state index in [-0.39, 0.29) is 5.91 Å². The van der Waals surface area contributed by atoms with Gasteiger partial charge in [0.2, 0.25) is 0 Å². The molecule has 0 aromatic heterocycles. The van der Waals surface area contributed by atoms with Crippen molar-refractivity contribution in [1.82, 2.24) is 0 Å². The highest BCUT2D eigenvalue weighted by Crippen LogP contribution is 2.32. The van der Waals surface area contributed by atoms with Crippen LogP contribution in [0.15, 0.2) is 66.7 Å². The van der Waals surface area contributed by atoms with E-state index in [9.17, 15) is 4.79 Å². The number of ether oxygens (including phenoxy) is 4. The molecule has 0 saturated heterocycles. The lowest BCUT2D eigenvalue weighted by atomic mass is 10.1. The van der Waals surface area contributed by atoms with E-state index in [2.05, 4.69) is 5.32 Å². The first-order valence-electron chi connectivity index (χ1n) is 10.3. The smallest absolute Gasteiger partial charge is 0.255 e. The van der Waals surface area contributed by atoms with Crippen molar-refractivity contribution in [3.05, 3.63) is 72.3 Å². The maximum atomic E-state index is 12.7. The van der Waals surface area contributed by atoms with Crippen LogP contribution in [-0.4, -0.2) is 26.2 Å². The van der Waals surface area contributed by atoms with Gasteiger partial charge in [-0.25, -0.2) is 0 Å². The quantitative estimate of drug-likeness (QED) is 0.440. The van der Waals surface area contributed by atoms with E-state index >= 15 is 0 Å². The van der Waals surface area contributed by atoms with Gasteiger partial charge in [-0.05, 0) is 67.9 Å². The van der Waals surface area contributed by atoms with Crippen molar-refractivity contribution in [3.8, 4) is 28.7 Å².